The summed E-state index contributed by atoms with van der Waals surface area (Å²) in [6.07, 6.45) is 2.12. The van der Waals surface area contributed by atoms with Gasteiger partial charge in [0, 0.05) is 30.4 Å². The van der Waals surface area contributed by atoms with Crippen molar-refractivity contribution < 1.29 is 9.59 Å². The van der Waals surface area contributed by atoms with Gasteiger partial charge in [0.1, 0.15) is 10.7 Å². The molecule has 1 aromatic heterocycles. The van der Waals surface area contributed by atoms with Crippen LogP contribution < -0.4 is 31.1 Å². The summed E-state index contributed by atoms with van der Waals surface area (Å²) in [6.45, 7) is 9.72. The minimum atomic E-state index is -0.861. The van der Waals surface area contributed by atoms with E-state index in [1.54, 1.807) is 38.1 Å². The maximum absolute atomic E-state index is 12.7. The largest absolute Gasteiger partial charge is 0.379 e. The van der Waals surface area contributed by atoms with Crippen molar-refractivity contribution in [2.75, 3.05) is 10.6 Å². The number of amides is 2. The molecule has 0 aliphatic carbocycles. The van der Waals surface area contributed by atoms with E-state index in [9.17, 15) is 19.6 Å². The van der Waals surface area contributed by atoms with E-state index in [0.29, 0.717) is 23.2 Å². The number of thiazole rings is 1. The first-order valence-corrected chi connectivity index (χ1v) is 10.9. The number of rotatable bonds is 7. The van der Waals surface area contributed by atoms with Crippen molar-refractivity contribution in [2.24, 2.45) is 5.73 Å². The van der Waals surface area contributed by atoms with Gasteiger partial charge in [0.15, 0.2) is 5.57 Å². The first-order chi connectivity index (χ1) is 14.8. The molecule has 0 bridgehead atoms. The number of primary amides is 1. The molecule has 166 valence electrons. The zero-order valence-corrected chi connectivity index (χ0v) is 19.3. The van der Waals surface area contributed by atoms with Gasteiger partial charge in [0.2, 0.25) is 5.91 Å². The van der Waals surface area contributed by atoms with Crippen molar-refractivity contribution in [3.63, 3.8) is 0 Å². The van der Waals surface area contributed by atoms with Crippen LogP contribution in [0.2, 0.25) is 0 Å². The maximum Gasteiger partial charge on any atom is 0.268 e. The first kappa shape index (κ1) is 25.7. The Labute approximate surface area is 185 Å². The van der Waals surface area contributed by atoms with Gasteiger partial charge < -0.3 is 16.4 Å². The second-order valence-electron chi connectivity index (χ2n) is 6.25. The van der Waals surface area contributed by atoms with Gasteiger partial charge in [-0.15, -0.1) is 11.3 Å². The highest BCUT2D eigenvalue weighted by atomic mass is 32.1. The van der Waals surface area contributed by atoms with Gasteiger partial charge in [-0.3, -0.25) is 19.0 Å². The SMILES string of the molecule is CC.CCC(=O)Nc1cccc(NC(C)C=c2s/c(=C(/C#N)C(N)=O)n(CC)c2=O)c1. The fourth-order valence-electron chi connectivity index (χ4n) is 2.68. The van der Waals surface area contributed by atoms with Crippen LogP contribution in [0.3, 0.4) is 0 Å². The number of hydrogen-bond donors (Lipinski definition) is 3. The molecule has 9 heteroatoms. The smallest absolute Gasteiger partial charge is 0.268 e. The Kier molecular flexibility index (Phi) is 10.2. The summed E-state index contributed by atoms with van der Waals surface area (Å²) in [4.78, 5) is 35.7. The van der Waals surface area contributed by atoms with Crippen molar-refractivity contribution in [2.45, 2.75) is 53.6 Å². The Bertz CT molecular complexity index is 1140. The standard InChI is InChI=1S/C20H23N5O3S.C2H6/c1-4-17(26)24-14-8-6-7-13(10-14)23-12(3)9-16-19(28)25(5-2)20(29-16)15(11-21)18(22)27;1-2/h6-10,12,23H,4-5H2,1-3H3,(H2,22,27)(H,24,26);1-2H3/b16-9?,20-15-;. The Morgan fingerprint density at radius 2 is 1.94 bits per heavy atom. The molecule has 2 rings (SSSR count). The van der Waals surface area contributed by atoms with E-state index in [-0.39, 0.29) is 27.7 Å². The van der Waals surface area contributed by atoms with Crippen LogP contribution >= 0.6 is 11.3 Å². The second kappa shape index (κ2) is 12.3. The van der Waals surface area contributed by atoms with Gasteiger partial charge in [-0.05, 0) is 38.1 Å². The molecule has 0 saturated carbocycles. The lowest BCUT2D eigenvalue weighted by atomic mass is 10.2. The number of nitrogens with one attached hydrogen (secondary N) is 2. The number of nitriles is 1. The van der Waals surface area contributed by atoms with Crippen molar-refractivity contribution in [1.82, 2.24) is 4.57 Å². The summed E-state index contributed by atoms with van der Waals surface area (Å²) in [7, 11) is 0. The Balaban J connectivity index is 0.00000233. The molecular weight excluding hydrogens is 414 g/mol. The molecule has 0 saturated heterocycles. The summed E-state index contributed by atoms with van der Waals surface area (Å²) in [6, 6.07) is 8.82. The number of carbonyl (C=O) groups excluding carboxylic acids is 2. The predicted octanol–water partition coefficient (Wildman–Crippen LogP) is 1.75. The number of nitrogens with zero attached hydrogens (tertiary/aromatic N) is 2. The van der Waals surface area contributed by atoms with Crippen LogP contribution in [0.25, 0.3) is 11.6 Å². The van der Waals surface area contributed by atoms with E-state index in [1.165, 1.54) is 4.57 Å². The molecule has 1 unspecified atom stereocenters. The summed E-state index contributed by atoms with van der Waals surface area (Å²) >= 11 is 1.06. The first-order valence-electron chi connectivity index (χ1n) is 10.1. The average Bonchev–Trinajstić information content (AvgIpc) is 3.04. The predicted molar refractivity (Wildman–Crippen MR) is 126 cm³/mol. The molecule has 0 fully saturated rings. The summed E-state index contributed by atoms with van der Waals surface area (Å²) in [5.41, 5.74) is 6.21. The molecule has 8 nitrogen and oxygen atoms in total. The number of benzene rings is 1. The summed E-state index contributed by atoms with van der Waals surface area (Å²) in [5.74, 6) is -0.938. The summed E-state index contributed by atoms with van der Waals surface area (Å²) in [5, 5.41) is 15.2. The lowest BCUT2D eigenvalue weighted by Gasteiger charge is -2.12. The van der Waals surface area contributed by atoms with Gasteiger partial charge in [-0.25, -0.2) is 0 Å². The minimum Gasteiger partial charge on any atom is -0.379 e. The van der Waals surface area contributed by atoms with Crippen LogP contribution in [0.4, 0.5) is 11.4 Å². The molecule has 0 aliphatic rings. The number of anilines is 2. The fourth-order valence-corrected chi connectivity index (χ4v) is 3.93. The molecule has 2 aromatic rings. The van der Waals surface area contributed by atoms with Crippen molar-refractivity contribution in [3.05, 3.63) is 43.8 Å². The van der Waals surface area contributed by atoms with E-state index in [2.05, 4.69) is 10.6 Å². The van der Waals surface area contributed by atoms with Crippen LogP contribution in [0, 0.1) is 11.3 Å². The lowest BCUT2D eigenvalue weighted by molar-refractivity contribution is -0.116. The topological polar surface area (TPSA) is 130 Å². The minimum absolute atomic E-state index is 0.0769. The van der Waals surface area contributed by atoms with Crippen molar-refractivity contribution in [3.8, 4) is 6.07 Å². The van der Waals surface area contributed by atoms with Crippen LogP contribution in [0.5, 0.6) is 0 Å². The van der Waals surface area contributed by atoms with Crippen LogP contribution in [-0.2, 0) is 16.1 Å². The Morgan fingerprint density at radius 1 is 1.29 bits per heavy atom. The van der Waals surface area contributed by atoms with Gasteiger partial charge >= 0.3 is 0 Å². The molecule has 4 N–H and O–H groups in total. The third kappa shape index (κ3) is 6.83. The van der Waals surface area contributed by atoms with Crippen molar-refractivity contribution in [1.29, 1.82) is 5.26 Å². The zero-order valence-electron chi connectivity index (χ0n) is 18.5. The Hall–Kier alpha value is -3.38. The van der Waals surface area contributed by atoms with Crippen LogP contribution in [0.15, 0.2) is 29.1 Å². The van der Waals surface area contributed by atoms with Crippen LogP contribution in [-0.4, -0.2) is 22.4 Å². The molecule has 0 spiro atoms. The van der Waals surface area contributed by atoms with Gasteiger partial charge in [-0.2, -0.15) is 5.26 Å². The molecule has 1 atom stereocenters. The van der Waals surface area contributed by atoms with E-state index < -0.39 is 5.91 Å². The average molecular weight is 444 g/mol. The molecule has 0 radical (unpaired) electrons. The fraction of sp³-hybridized carbons (Fsp3) is 0.364. The molecule has 31 heavy (non-hydrogen) atoms. The van der Waals surface area contributed by atoms with Crippen molar-refractivity contribution >= 4 is 46.2 Å². The number of carbonyl (C=O) groups is 2. The molecule has 1 heterocycles. The molecule has 0 aliphatic heterocycles. The van der Waals surface area contributed by atoms with Gasteiger partial charge in [0.25, 0.3) is 11.5 Å². The third-order valence-corrected chi connectivity index (χ3v) is 5.21. The monoisotopic (exact) mass is 443 g/mol. The molecular formula is C22H29N5O3S. The zero-order chi connectivity index (χ0) is 23.6. The lowest BCUT2D eigenvalue weighted by Crippen LogP contribution is -2.33. The summed E-state index contributed by atoms with van der Waals surface area (Å²) < 4.78 is 2.04. The number of aromatic nitrogens is 1. The highest BCUT2D eigenvalue weighted by Crippen LogP contribution is 2.16. The highest BCUT2D eigenvalue weighted by molar-refractivity contribution is 7.07. The second-order valence-corrected chi connectivity index (χ2v) is 7.28. The highest BCUT2D eigenvalue weighted by Gasteiger charge is 2.12. The van der Waals surface area contributed by atoms with Gasteiger partial charge in [0.05, 0.1) is 4.53 Å². The van der Waals surface area contributed by atoms with Gasteiger partial charge in [-0.1, -0.05) is 26.8 Å². The Morgan fingerprint density at radius 3 is 2.48 bits per heavy atom. The van der Waals surface area contributed by atoms with E-state index >= 15 is 0 Å². The van der Waals surface area contributed by atoms with E-state index in [1.807, 2.05) is 32.9 Å². The third-order valence-electron chi connectivity index (χ3n) is 4.06. The molecule has 2 amide bonds. The van der Waals surface area contributed by atoms with Crippen LogP contribution in [0.1, 0.15) is 41.0 Å². The van der Waals surface area contributed by atoms with E-state index in [4.69, 9.17) is 5.73 Å². The van der Waals surface area contributed by atoms with E-state index in [0.717, 1.165) is 17.0 Å². The molecule has 1 aromatic carbocycles. The quantitative estimate of drug-likeness (QED) is 0.600. The number of nitrogens with two attached hydrogens (primary N) is 1. The maximum atomic E-state index is 12.7. The normalized spacial score (nSPS) is 12.7. The number of hydrogen-bond acceptors (Lipinski definition) is 6.